The highest BCUT2D eigenvalue weighted by molar-refractivity contribution is 5.99. The Bertz CT molecular complexity index is 385. The second-order valence-corrected chi connectivity index (χ2v) is 3.95. The number of pyridine rings is 1. The standard InChI is InChI=1S/C11H15N3O2/c1-2-12-9-4-3-8(7-13-9)14-10(15)11(16)5-6-11/h3-4,7,16H,2,5-6H2,1H3,(H,12,13)(H,14,15). The van der Waals surface area contributed by atoms with Crippen molar-refractivity contribution < 1.29 is 9.90 Å². The summed E-state index contributed by atoms with van der Waals surface area (Å²) in [6.45, 7) is 2.79. The fraction of sp³-hybridized carbons (Fsp3) is 0.455. The van der Waals surface area contributed by atoms with E-state index in [1.165, 1.54) is 0 Å². The number of hydrogen-bond acceptors (Lipinski definition) is 4. The van der Waals surface area contributed by atoms with Crippen LogP contribution in [0.5, 0.6) is 0 Å². The van der Waals surface area contributed by atoms with Crippen molar-refractivity contribution in [2.45, 2.75) is 25.4 Å². The smallest absolute Gasteiger partial charge is 0.256 e. The van der Waals surface area contributed by atoms with Gasteiger partial charge in [0.25, 0.3) is 5.91 Å². The summed E-state index contributed by atoms with van der Waals surface area (Å²) in [5, 5.41) is 15.2. The Balaban J connectivity index is 1.97. The Hall–Kier alpha value is -1.62. The number of carbonyl (C=O) groups is 1. The molecular weight excluding hydrogens is 206 g/mol. The lowest BCUT2D eigenvalue weighted by atomic mass is 10.3. The third-order valence-corrected chi connectivity index (χ3v) is 2.53. The van der Waals surface area contributed by atoms with E-state index in [0.717, 1.165) is 12.4 Å². The molecule has 1 aromatic heterocycles. The number of nitrogens with zero attached hydrogens (tertiary/aromatic N) is 1. The lowest BCUT2D eigenvalue weighted by Gasteiger charge is -2.09. The molecule has 1 fully saturated rings. The average molecular weight is 221 g/mol. The second-order valence-electron chi connectivity index (χ2n) is 3.95. The van der Waals surface area contributed by atoms with E-state index in [9.17, 15) is 9.90 Å². The van der Waals surface area contributed by atoms with E-state index in [0.29, 0.717) is 18.5 Å². The quantitative estimate of drug-likeness (QED) is 0.708. The summed E-state index contributed by atoms with van der Waals surface area (Å²) in [7, 11) is 0. The minimum atomic E-state index is -1.14. The molecule has 0 spiro atoms. The molecule has 1 aromatic rings. The summed E-state index contributed by atoms with van der Waals surface area (Å²) in [6, 6.07) is 3.55. The van der Waals surface area contributed by atoms with Gasteiger partial charge >= 0.3 is 0 Å². The number of nitrogens with one attached hydrogen (secondary N) is 2. The van der Waals surface area contributed by atoms with E-state index >= 15 is 0 Å². The first-order valence-electron chi connectivity index (χ1n) is 5.38. The highest BCUT2D eigenvalue weighted by atomic mass is 16.3. The summed E-state index contributed by atoms with van der Waals surface area (Å²) in [6.07, 6.45) is 2.66. The van der Waals surface area contributed by atoms with Gasteiger partial charge in [0, 0.05) is 6.54 Å². The van der Waals surface area contributed by atoms with Crippen LogP contribution in [0.4, 0.5) is 11.5 Å². The molecule has 86 valence electrons. The molecule has 1 amide bonds. The van der Waals surface area contributed by atoms with Crippen molar-refractivity contribution in [2.24, 2.45) is 0 Å². The first-order valence-corrected chi connectivity index (χ1v) is 5.38. The summed E-state index contributed by atoms with van der Waals surface area (Å²) in [4.78, 5) is 15.6. The third-order valence-electron chi connectivity index (χ3n) is 2.53. The van der Waals surface area contributed by atoms with E-state index in [2.05, 4.69) is 15.6 Å². The maximum Gasteiger partial charge on any atom is 0.256 e. The number of rotatable bonds is 4. The molecule has 1 saturated carbocycles. The van der Waals surface area contributed by atoms with E-state index in [4.69, 9.17) is 0 Å². The Morgan fingerprint density at radius 2 is 2.31 bits per heavy atom. The SMILES string of the molecule is CCNc1ccc(NC(=O)C2(O)CC2)cn1. The maximum atomic E-state index is 11.5. The molecule has 1 aliphatic rings. The van der Waals surface area contributed by atoms with Crippen molar-refractivity contribution in [1.29, 1.82) is 0 Å². The van der Waals surface area contributed by atoms with Gasteiger partial charge in [0.1, 0.15) is 11.4 Å². The van der Waals surface area contributed by atoms with E-state index in [1.807, 2.05) is 6.92 Å². The van der Waals surface area contributed by atoms with Crippen molar-refractivity contribution in [2.75, 3.05) is 17.2 Å². The van der Waals surface area contributed by atoms with Gasteiger partial charge in [0.05, 0.1) is 11.9 Å². The van der Waals surface area contributed by atoms with Crippen molar-refractivity contribution in [1.82, 2.24) is 4.98 Å². The molecule has 0 aromatic carbocycles. The normalized spacial score (nSPS) is 16.6. The molecule has 0 aliphatic heterocycles. The zero-order valence-corrected chi connectivity index (χ0v) is 9.16. The Kier molecular flexibility index (Phi) is 2.78. The Morgan fingerprint density at radius 3 is 2.81 bits per heavy atom. The second kappa shape index (κ2) is 4.09. The van der Waals surface area contributed by atoms with E-state index in [-0.39, 0.29) is 5.91 Å². The van der Waals surface area contributed by atoms with Crippen LogP contribution in [0.2, 0.25) is 0 Å². The predicted molar refractivity (Wildman–Crippen MR) is 61.2 cm³/mol. The fourth-order valence-electron chi connectivity index (χ4n) is 1.35. The molecule has 0 radical (unpaired) electrons. The van der Waals surface area contributed by atoms with Gasteiger partial charge in [-0.05, 0) is 31.9 Å². The van der Waals surface area contributed by atoms with Gasteiger partial charge in [-0.25, -0.2) is 4.98 Å². The minimum absolute atomic E-state index is 0.342. The van der Waals surface area contributed by atoms with Crippen LogP contribution in [-0.4, -0.2) is 28.1 Å². The lowest BCUT2D eigenvalue weighted by Crippen LogP contribution is -2.29. The number of anilines is 2. The van der Waals surface area contributed by atoms with E-state index in [1.54, 1.807) is 18.3 Å². The summed E-state index contributed by atoms with van der Waals surface area (Å²) in [5.41, 5.74) is -0.535. The molecule has 1 heterocycles. The highest BCUT2D eigenvalue weighted by Gasteiger charge is 2.48. The lowest BCUT2D eigenvalue weighted by molar-refractivity contribution is -0.125. The molecule has 0 saturated heterocycles. The van der Waals surface area contributed by atoms with Gasteiger partial charge in [-0.15, -0.1) is 0 Å². The largest absolute Gasteiger partial charge is 0.380 e. The van der Waals surface area contributed by atoms with Gasteiger partial charge in [0.2, 0.25) is 0 Å². The summed E-state index contributed by atoms with van der Waals surface area (Å²) < 4.78 is 0. The number of aliphatic hydroxyl groups is 1. The molecule has 0 atom stereocenters. The van der Waals surface area contributed by atoms with Crippen molar-refractivity contribution in [3.05, 3.63) is 18.3 Å². The monoisotopic (exact) mass is 221 g/mol. The third kappa shape index (κ3) is 2.30. The van der Waals surface area contributed by atoms with Gasteiger partial charge < -0.3 is 15.7 Å². The first-order chi connectivity index (χ1) is 7.64. The van der Waals surface area contributed by atoms with Crippen LogP contribution >= 0.6 is 0 Å². The van der Waals surface area contributed by atoms with Gasteiger partial charge in [0.15, 0.2) is 0 Å². The van der Waals surface area contributed by atoms with Crippen LogP contribution in [0.15, 0.2) is 18.3 Å². The van der Waals surface area contributed by atoms with Crippen LogP contribution in [0, 0.1) is 0 Å². The molecular formula is C11H15N3O2. The van der Waals surface area contributed by atoms with Crippen LogP contribution in [0.1, 0.15) is 19.8 Å². The van der Waals surface area contributed by atoms with Gasteiger partial charge in [-0.3, -0.25) is 4.79 Å². The van der Waals surface area contributed by atoms with Crippen molar-refractivity contribution in [3.63, 3.8) is 0 Å². The van der Waals surface area contributed by atoms with Crippen LogP contribution in [0.3, 0.4) is 0 Å². The molecule has 0 unspecified atom stereocenters. The predicted octanol–water partition coefficient (Wildman–Crippen LogP) is 0.977. The average Bonchev–Trinajstić information content (AvgIpc) is 3.01. The van der Waals surface area contributed by atoms with Crippen LogP contribution in [-0.2, 0) is 4.79 Å². The summed E-state index contributed by atoms with van der Waals surface area (Å²) in [5.74, 6) is 0.427. The van der Waals surface area contributed by atoms with Crippen molar-refractivity contribution in [3.8, 4) is 0 Å². The van der Waals surface area contributed by atoms with Crippen LogP contribution < -0.4 is 10.6 Å². The molecule has 5 nitrogen and oxygen atoms in total. The maximum absolute atomic E-state index is 11.5. The molecule has 2 rings (SSSR count). The van der Waals surface area contributed by atoms with Crippen LogP contribution in [0.25, 0.3) is 0 Å². The number of hydrogen-bond donors (Lipinski definition) is 3. The molecule has 16 heavy (non-hydrogen) atoms. The Labute approximate surface area is 93.9 Å². The number of carbonyl (C=O) groups excluding carboxylic acids is 1. The zero-order chi connectivity index (χ0) is 11.6. The molecule has 5 heteroatoms. The van der Waals surface area contributed by atoms with Gasteiger partial charge in [-0.2, -0.15) is 0 Å². The fourth-order valence-corrected chi connectivity index (χ4v) is 1.35. The minimum Gasteiger partial charge on any atom is -0.380 e. The Morgan fingerprint density at radius 1 is 1.56 bits per heavy atom. The molecule has 0 bridgehead atoms. The first kappa shape index (κ1) is 10.9. The highest BCUT2D eigenvalue weighted by Crippen LogP contribution is 2.35. The number of aromatic nitrogens is 1. The molecule has 1 aliphatic carbocycles. The number of amides is 1. The zero-order valence-electron chi connectivity index (χ0n) is 9.16. The van der Waals surface area contributed by atoms with E-state index < -0.39 is 5.60 Å². The van der Waals surface area contributed by atoms with Gasteiger partial charge in [-0.1, -0.05) is 0 Å². The molecule has 3 N–H and O–H groups in total. The van der Waals surface area contributed by atoms with Crippen molar-refractivity contribution >= 4 is 17.4 Å². The summed E-state index contributed by atoms with van der Waals surface area (Å²) >= 11 is 0. The topological polar surface area (TPSA) is 74.2 Å².